The normalized spacial score (nSPS) is 12.0. The maximum Gasteiger partial charge on any atom is 0.0634 e. The Hall–Kier alpha value is -6.42. The van der Waals surface area contributed by atoms with E-state index in [9.17, 15) is 0 Å². The van der Waals surface area contributed by atoms with Crippen molar-refractivity contribution < 1.29 is 0 Å². The monoisotopic (exact) mass is 670 g/mol. The zero-order chi connectivity index (χ0) is 34.1. The van der Waals surface area contributed by atoms with Crippen LogP contribution in [0.5, 0.6) is 0 Å². The minimum atomic E-state index is 0.960. The lowest BCUT2D eigenvalue weighted by molar-refractivity contribution is 1.19. The van der Waals surface area contributed by atoms with Crippen molar-refractivity contribution in [2.24, 2.45) is 0 Å². The highest BCUT2D eigenvalue weighted by Crippen LogP contribution is 2.44. The fraction of sp³-hybridized carbons (Fsp3) is 0. The fourth-order valence-corrected chi connectivity index (χ4v) is 8.24. The van der Waals surface area contributed by atoms with Crippen molar-refractivity contribution in [2.75, 3.05) is 5.32 Å². The van der Waals surface area contributed by atoms with Crippen LogP contribution in [0.15, 0.2) is 195 Å². The summed E-state index contributed by atoms with van der Waals surface area (Å²) >= 11 is 1.86. The van der Waals surface area contributed by atoms with E-state index in [1.807, 2.05) is 41.8 Å². The highest BCUT2D eigenvalue weighted by Gasteiger charge is 2.19. The van der Waals surface area contributed by atoms with Gasteiger partial charge in [0.2, 0.25) is 0 Å². The number of hydrogen-bond donors (Lipinski definition) is 1. The van der Waals surface area contributed by atoms with Gasteiger partial charge in [-0.15, -0.1) is 11.3 Å². The summed E-state index contributed by atoms with van der Waals surface area (Å²) in [6, 6.07) is 60.5. The maximum absolute atomic E-state index is 4.47. The van der Waals surface area contributed by atoms with Gasteiger partial charge in [0, 0.05) is 48.5 Å². The number of rotatable bonds is 8. The third-order valence-electron chi connectivity index (χ3n) is 9.57. The molecule has 3 heteroatoms. The van der Waals surface area contributed by atoms with Crippen LogP contribution in [0.25, 0.3) is 69.9 Å². The minimum absolute atomic E-state index is 0.960. The molecule has 9 rings (SSSR count). The molecule has 0 unspecified atom stereocenters. The van der Waals surface area contributed by atoms with Gasteiger partial charge in [0.1, 0.15) is 0 Å². The molecule has 0 aliphatic heterocycles. The first-order valence-corrected chi connectivity index (χ1v) is 18.0. The SMILES string of the molecule is C=C(/C=C(\C=C/Nc1ccccc1)c1ccc2c(c1)c1ccc3sc4ccccc4c3c1n2-c1cccc(-c2ccccc2)c1)c1ccccc1. The van der Waals surface area contributed by atoms with Gasteiger partial charge in [0.15, 0.2) is 0 Å². The second-order valence-electron chi connectivity index (χ2n) is 12.8. The number of allylic oxidation sites excluding steroid dienone is 4. The van der Waals surface area contributed by atoms with Crippen molar-refractivity contribution >= 4 is 70.1 Å². The van der Waals surface area contributed by atoms with Crippen molar-refractivity contribution in [2.45, 2.75) is 0 Å². The summed E-state index contributed by atoms with van der Waals surface area (Å²) in [5, 5.41) is 8.49. The van der Waals surface area contributed by atoms with Crippen molar-refractivity contribution in [3.63, 3.8) is 0 Å². The van der Waals surface area contributed by atoms with Gasteiger partial charge >= 0.3 is 0 Å². The molecular formula is C48H34N2S. The van der Waals surface area contributed by atoms with E-state index in [0.29, 0.717) is 0 Å². The van der Waals surface area contributed by atoms with Crippen LogP contribution in [0.1, 0.15) is 11.1 Å². The predicted molar refractivity (Wildman–Crippen MR) is 222 cm³/mol. The second kappa shape index (κ2) is 13.1. The van der Waals surface area contributed by atoms with Crippen LogP contribution in [0.4, 0.5) is 5.69 Å². The number of nitrogens with one attached hydrogen (secondary N) is 1. The zero-order valence-corrected chi connectivity index (χ0v) is 28.8. The Kier molecular flexibility index (Phi) is 7.88. The standard InChI is InChI=1S/C48H34N2S/c1-33(34-14-5-2-6-15-34)30-38(28-29-49-39-19-9-4-10-20-39)37-24-26-44-43(32-37)41-25-27-46-47(42-22-11-12-23-45(42)51-46)48(41)50(44)40-21-13-18-36(31-40)35-16-7-3-8-17-35/h2-32,49H,1H2/b29-28-,38-30+. The molecule has 0 saturated carbocycles. The molecule has 2 aromatic heterocycles. The number of para-hydroxylation sites is 1. The molecule has 1 N–H and O–H groups in total. The second-order valence-corrected chi connectivity index (χ2v) is 13.8. The van der Waals surface area contributed by atoms with E-state index in [1.54, 1.807) is 0 Å². The molecule has 0 spiro atoms. The largest absolute Gasteiger partial charge is 0.362 e. The Balaban J connectivity index is 1.27. The van der Waals surface area contributed by atoms with Crippen molar-refractivity contribution in [1.82, 2.24) is 4.57 Å². The molecule has 2 nitrogen and oxygen atoms in total. The molecule has 0 atom stereocenters. The lowest BCUT2D eigenvalue weighted by Gasteiger charge is -2.12. The van der Waals surface area contributed by atoms with E-state index in [-0.39, 0.29) is 0 Å². The van der Waals surface area contributed by atoms with Crippen LogP contribution in [-0.4, -0.2) is 4.57 Å². The Morgan fingerprint density at radius 3 is 2.12 bits per heavy atom. The Bertz CT molecular complexity index is 2770. The Morgan fingerprint density at radius 1 is 0.569 bits per heavy atom. The summed E-state index contributed by atoms with van der Waals surface area (Å²) in [7, 11) is 0. The summed E-state index contributed by atoms with van der Waals surface area (Å²) < 4.78 is 5.07. The van der Waals surface area contributed by atoms with Gasteiger partial charge in [0.05, 0.1) is 11.0 Å². The van der Waals surface area contributed by atoms with E-state index in [1.165, 1.54) is 53.1 Å². The molecule has 2 heterocycles. The first kappa shape index (κ1) is 30.6. The van der Waals surface area contributed by atoms with Crippen LogP contribution in [0.2, 0.25) is 0 Å². The fourth-order valence-electron chi connectivity index (χ4n) is 7.13. The number of thiophene rings is 1. The number of anilines is 1. The third-order valence-corrected chi connectivity index (χ3v) is 10.7. The van der Waals surface area contributed by atoms with E-state index >= 15 is 0 Å². The molecular weight excluding hydrogens is 637 g/mol. The molecule has 0 aliphatic rings. The van der Waals surface area contributed by atoms with Crippen LogP contribution >= 0.6 is 11.3 Å². The minimum Gasteiger partial charge on any atom is -0.362 e. The number of nitrogens with zero attached hydrogens (tertiary/aromatic N) is 1. The van der Waals surface area contributed by atoms with Crippen LogP contribution < -0.4 is 5.32 Å². The highest BCUT2D eigenvalue weighted by molar-refractivity contribution is 7.26. The van der Waals surface area contributed by atoms with Crippen molar-refractivity contribution in [3.8, 4) is 16.8 Å². The number of hydrogen-bond acceptors (Lipinski definition) is 2. The van der Waals surface area contributed by atoms with Crippen LogP contribution in [-0.2, 0) is 0 Å². The zero-order valence-electron chi connectivity index (χ0n) is 28.0. The molecule has 0 fully saturated rings. The van der Waals surface area contributed by atoms with Gasteiger partial charge < -0.3 is 9.88 Å². The van der Waals surface area contributed by atoms with Gasteiger partial charge in [0.25, 0.3) is 0 Å². The smallest absolute Gasteiger partial charge is 0.0634 e. The van der Waals surface area contributed by atoms with E-state index in [0.717, 1.165) is 33.6 Å². The van der Waals surface area contributed by atoms with Gasteiger partial charge in [-0.1, -0.05) is 128 Å². The summed E-state index contributed by atoms with van der Waals surface area (Å²) in [5.74, 6) is 0. The molecule has 9 aromatic rings. The molecule has 0 saturated heterocycles. The first-order chi connectivity index (χ1) is 25.2. The molecule has 0 amide bonds. The maximum atomic E-state index is 4.47. The third kappa shape index (κ3) is 5.74. The van der Waals surface area contributed by atoms with Gasteiger partial charge in [-0.05, 0) is 94.1 Å². The van der Waals surface area contributed by atoms with Crippen LogP contribution in [0.3, 0.4) is 0 Å². The summed E-state index contributed by atoms with van der Waals surface area (Å²) in [5.41, 5.74) is 11.3. The first-order valence-electron chi connectivity index (χ1n) is 17.2. The molecule has 7 aromatic carbocycles. The Morgan fingerprint density at radius 2 is 1.29 bits per heavy atom. The highest BCUT2D eigenvalue weighted by atomic mass is 32.1. The summed E-state index contributed by atoms with van der Waals surface area (Å²) in [6.07, 6.45) is 6.35. The molecule has 0 radical (unpaired) electrons. The van der Waals surface area contributed by atoms with Gasteiger partial charge in [-0.25, -0.2) is 0 Å². The number of benzene rings is 7. The average molecular weight is 671 g/mol. The molecule has 242 valence electrons. The van der Waals surface area contributed by atoms with Gasteiger partial charge in [-0.2, -0.15) is 0 Å². The van der Waals surface area contributed by atoms with E-state index < -0.39 is 0 Å². The molecule has 0 aliphatic carbocycles. The quantitative estimate of drug-likeness (QED) is 0.159. The number of fused-ring (bicyclic) bond motifs is 7. The average Bonchev–Trinajstić information content (AvgIpc) is 3.74. The van der Waals surface area contributed by atoms with Crippen LogP contribution in [0, 0.1) is 0 Å². The van der Waals surface area contributed by atoms with E-state index in [2.05, 4.69) is 174 Å². The topological polar surface area (TPSA) is 17.0 Å². The summed E-state index contributed by atoms with van der Waals surface area (Å²) in [4.78, 5) is 0. The summed E-state index contributed by atoms with van der Waals surface area (Å²) in [6.45, 7) is 4.47. The molecule has 0 bridgehead atoms. The van der Waals surface area contributed by atoms with Crippen molar-refractivity contribution in [3.05, 3.63) is 206 Å². The van der Waals surface area contributed by atoms with Crippen molar-refractivity contribution in [1.29, 1.82) is 0 Å². The lowest BCUT2D eigenvalue weighted by atomic mass is 9.98. The predicted octanol–water partition coefficient (Wildman–Crippen LogP) is 13.5. The number of aromatic nitrogens is 1. The van der Waals surface area contributed by atoms with Gasteiger partial charge in [-0.3, -0.25) is 0 Å². The van der Waals surface area contributed by atoms with E-state index in [4.69, 9.17) is 0 Å². The molecule has 51 heavy (non-hydrogen) atoms. The lowest BCUT2D eigenvalue weighted by Crippen LogP contribution is -1.95. The Labute approximate surface area is 301 Å².